The lowest BCUT2D eigenvalue weighted by molar-refractivity contribution is 0.0201. The fourth-order valence-electron chi connectivity index (χ4n) is 1.63. The van der Waals surface area contributed by atoms with E-state index < -0.39 is 5.60 Å². The van der Waals surface area contributed by atoms with Gasteiger partial charge in [-0.1, -0.05) is 12.8 Å². The number of hydrogen-bond acceptors (Lipinski definition) is 1. The van der Waals surface area contributed by atoms with Crippen molar-refractivity contribution in [3.05, 3.63) is 0 Å². The third-order valence-electron chi connectivity index (χ3n) is 2.35. The first-order valence-corrected chi connectivity index (χ1v) is 3.83. The molecule has 1 rings (SSSR count). The van der Waals surface area contributed by atoms with Gasteiger partial charge >= 0.3 is 0 Å². The fraction of sp³-hybridized carbons (Fsp3) is 1.00. The van der Waals surface area contributed by atoms with E-state index in [-0.39, 0.29) is 0 Å². The predicted octanol–water partition coefficient (Wildman–Crippen LogP) is 1.95. The summed E-state index contributed by atoms with van der Waals surface area (Å²) in [6, 6.07) is 0. The first-order valence-electron chi connectivity index (χ1n) is 3.83. The molecule has 0 aromatic carbocycles. The van der Waals surface area contributed by atoms with Crippen LogP contribution in [0.25, 0.3) is 0 Å². The summed E-state index contributed by atoms with van der Waals surface area (Å²) in [6.07, 6.45) is 5.08. The third-order valence-corrected chi connectivity index (χ3v) is 2.35. The highest BCUT2D eigenvalue weighted by atomic mass is 16.3. The van der Waals surface area contributed by atoms with Crippen molar-refractivity contribution >= 4 is 0 Å². The molecule has 0 aromatic heterocycles. The molecule has 0 spiro atoms. The average Bonchev–Trinajstić information content (AvgIpc) is 2.08. The van der Waals surface area contributed by atoms with E-state index in [1.807, 2.05) is 13.8 Å². The van der Waals surface area contributed by atoms with Gasteiger partial charge in [-0.2, -0.15) is 0 Å². The summed E-state index contributed by atoms with van der Waals surface area (Å²) in [7, 11) is 0. The summed E-state index contributed by atoms with van der Waals surface area (Å²) < 4.78 is 0. The largest absolute Gasteiger partial charge is 0.390 e. The summed E-state index contributed by atoms with van der Waals surface area (Å²) in [5, 5.41) is 9.52. The van der Waals surface area contributed by atoms with E-state index in [4.69, 9.17) is 0 Å². The van der Waals surface area contributed by atoms with Gasteiger partial charge in [0.2, 0.25) is 0 Å². The van der Waals surface area contributed by atoms with Crippen LogP contribution in [-0.4, -0.2) is 10.7 Å². The Balaban J connectivity index is 2.42. The number of hydrogen-bond donors (Lipinski definition) is 1. The molecule has 54 valence electrons. The standard InChI is InChI=1S/C8H16O/c1-8(2,9)7-5-3-4-6-7/h7,9H,3-6H2,1-2H3. The van der Waals surface area contributed by atoms with Crippen LogP contribution in [0, 0.1) is 5.92 Å². The maximum atomic E-state index is 9.52. The molecule has 0 radical (unpaired) electrons. The molecule has 0 aliphatic heterocycles. The highest BCUT2D eigenvalue weighted by molar-refractivity contribution is 4.80. The fourth-order valence-corrected chi connectivity index (χ4v) is 1.63. The summed E-state index contributed by atoms with van der Waals surface area (Å²) in [6.45, 7) is 3.84. The Morgan fingerprint density at radius 2 is 1.67 bits per heavy atom. The third kappa shape index (κ3) is 1.68. The molecule has 0 atom stereocenters. The first-order chi connectivity index (χ1) is 4.11. The summed E-state index contributed by atoms with van der Waals surface area (Å²) >= 11 is 0. The molecule has 1 nitrogen and oxygen atoms in total. The topological polar surface area (TPSA) is 20.2 Å². The van der Waals surface area contributed by atoms with E-state index in [1.54, 1.807) is 0 Å². The van der Waals surface area contributed by atoms with Crippen molar-refractivity contribution in [3.63, 3.8) is 0 Å². The van der Waals surface area contributed by atoms with E-state index in [0.717, 1.165) is 0 Å². The molecule has 1 saturated carbocycles. The summed E-state index contributed by atoms with van der Waals surface area (Å²) in [4.78, 5) is 0. The molecule has 1 aliphatic carbocycles. The Morgan fingerprint density at radius 3 is 1.89 bits per heavy atom. The van der Waals surface area contributed by atoms with Crippen LogP contribution >= 0.6 is 0 Å². The second-order valence-electron chi connectivity index (χ2n) is 3.64. The van der Waals surface area contributed by atoms with Crippen LogP contribution in [0.5, 0.6) is 0 Å². The van der Waals surface area contributed by atoms with E-state index >= 15 is 0 Å². The molecular formula is C8H16O. The van der Waals surface area contributed by atoms with E-state index in [9.17, 15) is 5.11 Å². The molecule has 1 aliphatic rings. The van der Waals surface area contributed by atoms with Gasteiger partial charge in [0, 0.05) is 0 Å². The molecule has 0 unspecified atom stereocenters. The van der Waals surface area contributed by atoms with Crippen molar-refractivity contribution in [2.75, 3.05) is 0 Å². The highest BCUT2D eigenvalue weighted by Crippen LogP contribution is 2.33. The van der Waals surface area contributed by atoms with Crippen LogP contribution in [0.4, 0.5) is 0 Å². The first kappa shape index (κ1) is 7.07. The normalized spacial score (nSPS) is 23.0. The van der Waals surface area contributed by atoms with Crippen LogP contribution in [0.3, 0.4) is 0 Å². The molecule has 0 heterocycles. The van der Waals surface area contributed by atoms with Crippen LogP contribution in [0.1, 0.15) is 39.5 Å². The maximum absolute atomic E-state index is 9.52. The second-order valence-corrected chi connectivity index (χ2v) is 3.64. The molecule has 0 bridgehead atoms. The van der Waals surface area contributed by atoms with Gasteiger partial charge in [0.1, 0.15) is 0 Å². The molecule has 1 N–H and O–H groups in total. The molecule has 9 heavy (non-hydrogen) atoms. The van der Waals surface area contributed by atoms with Crippen LogP contribution in [0.2, 0.25) is 0 Å². The van der Waals surface area contributed by atoms with Gasteiger partial charge in [-0.25, -0.2) is 0 Å². The minimum atomic E-state index is -0.420. The predicted molar refractivity (Wildman–Crippen MR) is 38.3 cm³/mol. The van der Waals surface area contributed by atoms with Gasteiger partial charge in [0.05, 0.1) is 5.60 Å². The highest BCUT2D eigenvalue weighted by Gasteiger charge is 2.28. The SMILES string of the molecule is CC(C)(O)C1CCCC1. The number of aliphatic hydroxyl groups is 1. The van der Waals surface area contributed by atoms with Gasteiger partial charge in [0.25, 0.3) is 0 Å². The number of rotatable bonds is 1. The Labute approximate surface area is 57.1 Å². The zero-order chi connectivity index (χ0) is 6.91. The van der Waals surface area contributed by atoms with Crippen molar-refractivity contribution in [2.45, 2.75) is 45.1 Å². The zero-order valence-corrected chi connectivity index (χ0v) is 6.35. The van der Waals surface area contributed by atoms with Gasteiger partial charge in [0.15, 0.2) is 0 Å². The van der Waals surface area contributed by atoms with Gasteiger partial charge < -0.3 is 5.11 Å². The van der Waals surface area contributed by atoms with E-state index in [2.05, 4.69) is 0 Å². The van der Waals surface area contributed by atoms with Crippen LogP contribution < -0.4 is 0 Å². The van der Waals surface area contributed by atoms with Crippen molar-refractivity contribution in [2.24, 2.45) is 5.92 Å². The van der Waals surface area contributed by atoms with Gasteiger partial charge in [-0.05, 0) is 32.6 Å². The van der Waals surface area contributed by atoms with Gasteiger partial charge in [-0.3, -0.25) is 0 Å². The Hall–Kier alpha value is -0.0400. The molecule has 0 saturated heterocycles. The molecule has 1 heteroatoms. The van der Waals surface area contributed by atoms with Crippen molar-refractivity contribution in [1.82, 2.24) is 0 Å². The molecule has 0 amide bonds. The van der Waals surface area contributed by atoms with Crippen molar-refractivity contribution in [1.29, 1.82) is 0 Å². The zero-order valence-electron chi connectivity index (χ0n) is 6.35. The maximum Gasteiger partial charge on any atom is 0.0619 e. The smallest absolute Gasteiger partial charge is 0.0619 e. The summed E-state index contributed by atoms with van der Waals surface area (Å²) in [5.41, 5.74) is -0.420. The van der Waals surface area contributed by atoms with Crippen LogP contribution in [-0.2, 0) is 0 Å². The van der Waals surface area contributed by atoms with Crippen molar-refractivity contribution in [3.8, 4) is 0 Å². The van der Waals surface area contributed by atoms with E-state index in [1.165, 1.54) is 25.7 Å². The minimum Gasteiger partial charge on any atom is -0.390 e. The van der Waals surface area contributed by atoms with Gasteiger partial charge in [-0.15, -0.1) is 0 Å². The Kier molecular flexibility index (Phi) is 1.80. The molecule has 0 aromatic rings. The minimum absolute atomic E-state index is 0.420. The van der Waals surface area contributed by atoms with Crippen molar-refractivity contribution < 1.29 is 5.11 Å². The van der Waals surface area contributed by atoms with Crippen LogP contribution in [0.15, 0.2) is 0 Å². The Morgan fingerprint density at radius 1 is 1.22 bits per heavy atom. The lowest BCUT2D eigenvalue weighted by atomic mass is 9.90. The average molecular weight is 128 g/mol. The quantitative estimate of drug-likeness (QED) is 0.572. The van der Waals surface area contributed by atoms with E-state index in [0.29, 0.717) is 5.92 Å². The Bertz CT molecular complexity index is 85.2. The lowest BCUT2D eigenvalue weighted by Gasteiger charge is -2.24. The lowest BCUT2D eigenvalue weighted by Crippen LogP contribution is -2.28. The second kappa shape index (κ2) is 2.30. The molecule has 1 fully saturated rings. The monoisotopic (exact) mass is 128 g/mol. The summed E-state index contributed by atoms with van der Waals surface area (Å²) in [5.74, 6) is 0.567. The molecular weight excluding hydrogens is 112 g/mol.